The van der Waals surface area contributed by atoms with Gasteiger partial charge in [-0.05, 0) is 104 Å². The van der Waals surface area contributed by atoms with Crippen LogP contribution >= 0.6 is 0 Å². The number of unbranched alkanes of at least 4 members (excludes halogenated alkanes) is 1. The Morgan fingerprint density at radius 2 is 1.11 bits per heavy atom. The zero-order valence-electron chi connectivity index (χ0n) is 41.4. The fourth-order valence-corrected chi connectivity index (χ4v) is 9.84. The van der Waals surface area contributed by atoms with Crippen LogP contribution in [0.3, 0.4) is 0 Å². The van der Waals surface area contributed by atoms with Crippen molar-refractivity contribution >= 4 is 63.9 Å². The zero-order valence-corrected chi connectivity index (χ0v) is 41.4. The molecule has 0 fully saturated rings. The van der Waals surface area contributed by atoms with Gasteiger partial charge in [0.1, 0.15) is 25.3 Å². The van der Waals surface area contributed by atoms with Gasteiger partial charge in [-0.25, -0.2) is 0 Å². The van der Waals surface area contributed by atoms with Crippen LogP contribution in [-0.2, 0) is 50.0 Å². The summed E-state index contributed by atoms with van der Waals surface area (Å²) in [6, 6.07) is 26.0. The van der Waals surface area contributed by atoms with E-state index in [1.807, 2.05) is 64.4 Å². The lowest BCUT2D eigenvalue weighted by molar-refractivity contribution is -0.140. The number of carbonyl (C=O) groups excluding carboxylic acids is 6. The highest BCUT2D eigenvalue weighted by atomic mass is 16.5. The fraction of sp³-hybridized carbons (Fsp3) is 0.345. The summed E-state index contributed by atoms with van der Waals surface area (Å²) in [5, 5.41) is 15.2. The maximum atomic E-state index is 14.1. The van der Waals surface area contributed by atoms with Crippen molar-refractivity contribution in [3.8, 4) is 23.0 Å². The van der Waals surface area contributed by atoms with Gasteiger partial charge in [-0.2, -0.15) is 0 Å². The topological polar surface area (TPSA) is 215 Å². The lowest BCUT2D eigenvalue weighted by atomic mass is 10.1. The van der Waals surface area contributed by atoms with Gasteiger partial charge in [0.2, 0.25) is 17.7 Å². The van der Waals surface area contributed by atoms with Crippen LogP contribution in [0.4, 0.5) is 28.4 Å². The van der Waals surface area contributed by atoms with Gasteiger partial charge in [0.15, 0.2) is 23.0 Å². The van der Waals surface area contributed by atoms with E-state index in [1.165, 1.54) is 35.2 Å². The molecular formula is C55H59N7O11. The summed E-state index contributed by atoms with van der Waals surface area (Å²) in [6.07, 6.45) is 2.68. The quantitative estimate of drug-likeness (QED) is 0.0467. The SMILES string of the molecule is COC(=O)CCCCC(=O)N[C@@H](C)C(=O)N[C@@H](C)C(=O)Nc1cc(COc2cc3c(cc2OC)C(=O)N2c4ccccc4C[C@H]2CN3)cc(COc2cc3c(cc2OC)C(=O)N2c4ccccc4C[C@H]2CN3)c1. The summed E-state index contributed by atoms with van der Waals surface area (Å²) in [5.74, 6) is -0.609. The minimum atomic E-state index is -1.02. The van der Waals surface area contributed by atoms with Crippen LogP contribution in [0.5, 0.6) is 23.0 Å². The number of carbonyl (C=O) groups is 6. The molecule has 4 heterocycles. The smallest absolute Gasteiger partial charge is 0.305 e. The summed E-state index contributed by atoms with van der Waals surface area (Å²) in [5.41, 5.74) is 7.82. The molecule has 18 heteroatoms. The van der Waals surface area contributed by atoms with Crippen LogP contribution in [0.1, 0.15) is 82.5 Å². The van der Waals surface area contributed by atoms with E-state index in [1.54, 1.807) is 36.4 Å². The molecule has 5 amide bonds. The lowest BCUT2D eigenvalue weighted by Gasteiger charge is -2.23. The first-order valence-electron chi connectivity index (χ1n) is 24.4. The van der Waals surface area contributed by atoms with E-state index in [0.29, 0.717) is 88.2 Å². The average Bonchev–Trinajstić information content (AvgIpc) is 3.89. The summed E-state index contributed by atoms with van der Waals surface area (Å²) in [4.78, 5) is 82.7. The molecule has 0 radical (unpaired) electrons. The standard InChI is InChI=1S/C55H59N7O11/c1-31(58-50(63)16-10-11-17-51(64)71-5)52(65)59-32(2)53(66)60-37-19-33(29-72-48-25-42-40(23-46(48)69-3)54(67)61-38(27-56-42)21-35-12-6-8-14-44(35)61)18-34(20-37)30-73-49-26-43-41(24-47(49)70-4)55(68)62-39(28-57-43)22-36-13-7-9-15-45(36)62/h6-9,12-15,18-20,23-26,31-32,38-39,56-57H,10-11,16-17,21-22,27-30H2,1-5H3,(H,58,63)(H,59,65)(H,60,66)/t31-,32-,38-,39-/m0/s1. The number of anilines is 5. The number of methoxy groups -OCH3 is 3. The average molecular weight is 994 g/mol. The normalized spacial score (nSPS) is 16.7. The van der Waals surface area contributed by atoms with E-state index in [4.69, 9.17) is 18.9 Å². The molecule has 9 rings (SSSR count). The number of rotatable bonds is 18. The molecule has 5 aromatic rings. The van der Waals surface area contributed by atoms with E-state index in [0.717, 1.165) is 35.3 Å². The van der Waals surface area contributed by atoms with Gasteiger partial charge in [0, 0.05) is 55.1 Å². The lowest BCUT2D eigenvalue weighted by Crippen LogP contribution is -2.50. The van der Waals surface area contributed by atoms with Crippen LogP contribution in [0.25, 0.3) is 0 Å². The summed E-state index contributed by atoms with van der Waals surface area (Å²) in [6.45, 7) is 4.12. The van der Waals surface area contributed by atoms with E-state index in [2.05, 4.69) is 31.3 Å². The third-order valence-corrected chi connectivity index (χ3v) is 13.6. The number of amides is 5. The Labute approximate surface area is 423 Å². The fourth-order valence-electron chi connectivity index (χ4n) is 9.84. The molecule has 0 saturated heterocycles. The molecule has 0 spiro atoms. The maximum Gasteiger partial charge on any atom is 0.305 e. The van der Waals surface area contributed by atoms with Crippen LogP contribution in [0.15, 0.2) is 91.0 Å². The molecule has 5 aromatic carbocycles. The van der Waals surface area contributed by atoms with Crippen molar-refractivity contribution in [1.82, 2.24) is 10.6 Å². The highest BCUT2D eigenvalue weighted by Gasteiger charge is 2.39. The third kappa shape index (κ3) is 10.7. The van der Waals surface area contributed by atoms with E-state index in [9.17, 15) is 28.8 Å². The van der Waals surface area contributed by atoms with Crippen LogP contribution in [0.2, 0.25) is 0 Å². The monoisotopic (exact) mass is 993 g/mol. The molecule has 4 aliphatic rings. The van der Waals surface area contributed by atoms with Crippen molar-refractivity contribution in [3.05, 3.63) is 124 Å². The molecule has 0 saturated carbocycles. The zero-order chi connectivity index (χ0) is 51.3. The predicted molar refractivity (Wildman–Crippen MR) is 274 cm³/mol. The highest BCUT2D eigenvalue weighted by Crippen LogP contribution is 2.43. The maximum absolute atomic E-state index is 14.1. The highest BCUT2D eigenvalue weighted by molar-refractivity contribution is 6.13. The second-order valence-corrected chi connectivity index (χ2v) is 18.6. The van der Waals surface area contributed by atoms with Gasteiger partial charge < -0.3 is 60.1 Å². The van der Waals surface area contributed by atoms with Crippen molar-refractivity contribution in [2.24, 2.45) is 0 Å². The number of nitrogens with one attached hydrogen (secondary N) is 5. The molecule has 380 valence electrons. The van der Waals surface area contributed by atoms with Crippen molar-refractivity contribution in [2.45, 2.75) is 89.8 Å². The van der Waals surface area contributed by atoms with Gasteiger partial charge in [0.05, 0.1) is 55.9 Å². The molecule has 0 unspecified atom stereocenters. The third-order valence-electron chi connectivity index (χ3n) is 13.6. The number of nitrogens with zero attached hydrogens (tertiary/aromatic N) is 2. The molecule has 5 N–H and O–H groups in total. The molecular weight excluding hydrogens is 935 g/mol. The number of hydrogen-bond donors (Lipinski definition) is 5. The molecule has 0 aromatic heterocycles. The minimum Gasteiger partial charge on any atom is -0.493 e. The van der Waals surface area contributed by atoms with Crippen molar-refractivity contribution in [3.63, 3.8) is 0 Å². The van der Waals surface area contributed by atoms with E-state index in [-0.39, 0.29) is 61.8 Å². The van der Waals surface area contributed by atoms with Crippen LogP contribution in [0, 0.1) is 0 Å². The van der Waals surface area contributed by atoms with Gasteiger partial charge in [-0.3, -0.25) is 28.8 Å². The van der Waals surface area contributed by atoms with Crippen LogP contribution in [-0.4, -0.2) is 94.1 Å². The Morgan fingerprint density at radius 3 is 1.62 bits per heavy atom. The number of hydrogen-bond acceptors (Lipinski definition) is 13. The first kappa shape index (κ1) is 49.7. The summed E-state index contributed by atoms with van der Waals surface area (Å²) < 4.78 is 29.1. The van der Waals surface area contributed by atoms with Crippen molar-refractivity contribution in [2.75, 3.05) is 60.2 Å². The molecule has 0 bridgehead atoms. The number of benzene rings is 5. The largest absolute Gasteiger partial charge is 0.493 e. The van der Waals surface area contributed by atoms with E-state index < -0.39 is 23.9 Å². The first-order chi connectivity index (χ1) is 35.3. The number of ether oxygens (including phenoxy) is 5. The Bertz CT molecular complexity index is 2820. The second-order valence-electron chi connectivity index (χ2n) is 18.6. The molecule has 4 atom stereocenters. The Kier molecular flexibility index (Phi) is 14.7. The van der Waals surface area contributed by atoms with Crippen LogP contribution < -0.4 is 55.3 Å². The van der Waals surface area contributed by atoms with Crippen molar-refractivity contribution in [1.29, 1.82) is 0 Å². The van der Waals surface area contributed by atoms with Gasteiger partial charge in [0.25, 0.3) is 11.8 Å². The van der Waals surface area contributed by atoms with Crippen molar-refractivity contribution < 1.29 is 52.5 Å². The Balaban J connectivity index is 0.928. The van der Waals surface area contributed by atoms with E-state index >= 15 is 0 Å². The number of fused-ring (bicyclic) bond motifs is 8. The second kappa shape index (κ2) is 21.6. The number of para-hydroxylation sites is 2. The predicted octanol–water partition coefficient (Wildman–Crippen LogP) is 6.54. The minimum absolute atomic E-state index is 0.00309. The molecule has 73 heavy (non-hydrogen) atoms. The molecule has 4 aliphatic heterocycles. The molecule has 0 aliphatic carbocycles. The van der Waals surface area contributed by atoms with Gasteiger partial charge in [-0.15, -0.1) is 0 Å². The number of esters is 1. The Hall–Kier alpha value is -8.28. The summed E-state index contributed by atoms with van der Waals surface area (Å²) in [7, 11) is 4.33. The molecule has 18 nitrogen and oxygen atoms in total. The van der Waals surface area contributed by atoms with Gasteiger partial charge >= 0.3 is 5.97 Å². The summed E-state index contributed by atoms with van der Waals surface area (Å²) >= 11 is 0. The first-order valence-corrected chi connectivity index (χ1v) is 24.4. The Morgan fingerprint density at radius 1 is 0.616 bits per heavy atom. The van der Waals surface area contributed by atoms with Gasteiger partial charge in [-0.1, -0.05) is 36.4 Å².